The van der Waals surface area contributed by atoms with Crippen LogP contribution in [0.4, 0.5) is 10.5 Å². The van der Waals surface area contributed by atoms with Gasteiger partial charge in [0.15, 0.2) is 9.84 Å². The molecule has 0 aromatic heterocycles. The van der Waals surface area contributed by atoms with E-state index in [0.29, 0.717) is 6.42 Å². The molecule has 0 spiro atoms. The van der Waals surface area contributed by atoms with Crippen LogP contribution >= 0.6 is 15.9 Å². The van der Waals surface area contributed by atoms with E-state index >= 15 is 0 Å². The summed E-state index contributed by atoms with van der Waals surface area (Å²) in [7, 11) is -2.98. The molecular weight excluding hydrogens is 344 g/mol. The number of amides is 2. The average molecular weight is 361 g/mol. The van der Waals surface area contributed by atoms with Gasteiger partial charge in [-0.3, -0.25) is 0 Å². The van der Waals surface area contributed by atoms with Crippen LogP contribution in [-0.4, -0.2) is 32.0 Å². The lowest BCUT2D eigenvalue weighted by Crippen LogP contribution is -2.38. The minimum Gasteiger partial charge on any atom is -0.334 e. The Morgan fingerprint density at radius 2 is 1.90 bits per heavy atom. The second-order valence-electron chi connectivity index (χ2n) is 5.11. The SMILES string of the molecule is Cc1cc(Br)cc(C)c1NC(=O)NC1CCS(=O)(=O)C1. The molecule has 1 unspecified atom stereocenters. The summed E-state index contributed by atoms with van der Waals surface area (Å²) in [5, 5.41) is 5.51. The van der Waals surface area contributed by atoms with Crippen LogP contribution in [0.25, 0.3) is 0 Å². The third-order valence-electron chi connectivity index (χ3n) is 3.30. The predicted octanol–water partition coefficient (Wildman–Crippen LogP) is 2.37. The number of urea groups is 1. The summed E-state index contributed by atoms with van der Waals surface area (Å²) in [4.78, 5) is 11.9. The molecule has 1 atom stereocenters. The maximum absolute atomic E-state index is 11.9. The molecule has 1 fully saturated rings. The third-order valence-corrected chi connectivity index (χ3v) is 5.53. The van der Waals surface area contributed by atoms with E-state index in [9.17, 15) is 13.2 Å². The number of anilines is 1. The minimum atomic E-state index is -2.98. The van der Waals surface area contributed by atoms with Crippen molar-refractivity contribution < 1.29 is 13.2 Å². The first-order valence-corrected chi connectivity index (χ1v) is 8.93. The molecule has 5 nitrogen and oxygen atoms in total. The molecule has 1 aliphatic heterocycles. The van der Waals surface area contributed by atoms with Crippen molar-refractivity contribution in [3.8, 4) is 0 Å². The zero-order valence-corrected chi connectivity index (χ0v) is 13.8. The van der Waals surface area contributed by atoms with Crippen molar-refractivity contribution in [1.29, 1.82) is 0 Å². The Hall–Kier alpha value is -1.08. The quantitative estimate of drug-likeness (QED) is 0.849. The Morgan fingerprint density at radius 1 is 1.30 bits per heavy atom. The second-order valence-corrected chi connectivity index (χ2v) is 8.26. The summed E-state index contributed by atoms with van der Waals surface area (Å²) in [6.07, 6.45) is 0.480. The molecule has 2 rings (SSSR count). The smallest absolute Gasteiger partial charge is 0.319 e. The van der Waals surface area contributed by atoms with Crippen LogP contribution in [0.2, 0.25) is 0 Å². The van der Waals surface area contributed by atoms with Crippen LogP contribution in [0, 0.1) is 13.8 Å². The lowest BCUT2D eigenvalue weighted by Gasteiger charge is -2.15. The van der Waals surface area contributed by atoms with Gasteiger partial charge in [-0.25, -0.2) is 13.2 Å². The Kier molecular flexibility index (Phi) is 4.39. The Labute approximate surface area is 127 Å². The molecule has 1 aliphatic rings. The minimum absolute atomic E-state index is 0.0265. The fourth-order valence-corrected chi connectivity index (χ4v) is 4.71. The number of hydrogen-bond acceptors (Lipinski definition) is 3. The van der Waals surface area contributed by atoms with Crippen LogP contribution in [0.5, 0.6) is 0 Å². The van der Waals surface area contributed by atoms with E-state index in [1.54, 1.807) is 0 Å². The van der Waals surface area contributed by atoms with Crippen molar-refractivity contribution in [3.63, 3.8) is 0 Å². The zero-order chi connectivity index (χ0) is 14.9. The largest absolute Gasteiger partial charge is 0.334 e. The van der Waals surface area contributed by atoms with Gasteiger partial charge in [0.2, 0.25) is 0 Å². The topological polar surface area (TPSA) is 75.3 Å². The standard InChI is InChI=1S/C13H17BrN2O3S/c1-8-5-10(14)6-9(2)12(8)16-13(17)15-11-3-4-20(18,19)7-11/h5-6,11H,3-4,7H2,1-2H3,(H2,15,16,17). The molecule has 110 valence electrons. The summed E-state index contributed by atoms with van der Waals surface area (Å²) in [5.41, 5.74) is 2.66. The van der Waals surface area contributed by atoms with Gasteiger partial charge < -0.3 is 10.6 Å². The van der Waals surface area contributed by atoms with Gasteiger partial charge in [-0.1, -0.05) is 15.9 Å². The van der Waals surface area contributed by atoms with E-state index in [2.05, 4.69) is 26.6 Å². The number of carbonyl (C=O) groups is 1. The molecule has 1 aromatic carbocycles. The lowest BCUT2D eigenvalue weighted by atomic mass is 10.1. The summed E-state index contributed by atoms with van der Waals surface area (Å²) < 4.78 is 23.7. The van der Waals surface area contributed by atoms with Gasteiger partial charge in [-0.2, -0.15) is 0 Å². The number of halogens is 1. The van der Waals surface area contributed by atoms with Crippen molar-refractivity contribution >= 4 is 37.5 Å². The molecule has 2 amide bonds. The van der Waals surface area contributed by atoms with Gasteiger partial charge in [0.25, 0.3) is 0 Å². The van der Waals surface area contributed by atoms with E-state index in [1.807, 2.05) is 26.0 Å². The van der Waals surface area contributed by atoms with Gasteiger partial charge in [-0.15, -0.1) is 0 Å². The number of nitrogens with one attached hydrogen (secondary N) is 2. The number of aryl methyl sites for hydroxylation is 2. The van der Waals surface area contributed by atoms with Gasteiger partial charge in [-0.05, 0) is 43.5 Å². The fraction of sp³-hybridized carbons (Fsp3) is 0.462. The molecule has 1 heterocycles. The molecule has 2 N–H and O–H groups in total. The van der Waals surface area contributed by atoms with E-state index in [4.69, 9.17) is 0 Å². The first kappa shape index (κ1) is 15.3. The van der Waals surface area contributed by atoms with Gasteiger partial charge in [0, 0.05) is 16.2 Å². The first-order chi connectivity index (χ1) is 9.27. The van der Waals surface area contributed by atoms with Crippen LogP contribution in [0.1, 0.15) is 17.5 Å². The zero-order valence-electron chi connectivity index (χ0n) is 11.4. The molecule has 0 bridgehead atoms. The number of carbonyl (C=O) groups excluding carboxylic acids is 1. The molecule has 0 saturated carbocycles. The average Bonchev–Trinajstić information content (AvgIpc) is 2.63. The summed E-state index contributed by atoms with van der Waals surface area (Å²) in [6, 6.07) is 3.18. The molecule has 0 aliphatic carbocycles. The highest BCUT2D eigenvalue weighted by Crippen LogP contribution is 2.25. The molecular formula is C13H17BrN2O3S. The highest BCUT2D eigenvalue weighted by atomic mass is 79.9. The van der Waals surface area contributed by atoms with Crippen molar-refractivity contribution in [3.05, 3.63) is 27.7 Å². The van der Waals surface area contributed by atoms with Crippen molar-refractivity contribution in [2.45, 2.75) is 26.3 Å². The van der Waals surface area contributed by atoms with E-state index < -0.39 is 9.84 Å². The first-order valence-electron chi connectivity index (χ1n) is 6.31. The van der Waals surface area contributed by atoms with Crippen molar-refractivity contribution in [2.75, 3.05) is 16.8 Å². The lowest BCUT2D eigenvalue weighted by molar-refractivity contribution is 0.249. The maximum atomic E-state index is 11.9. The van der Waals surface area contributed by atoms with Gasteiger partial charge in [0.1, 0.15) is 0 Å². The number of hydrogen-bond donors (Lipinski definition) is 2. The number of rotatable bonds is 2. The summed E-state index contributed by atoms with van der Waals surface area (Å²) in [5.74, 6) is 0.174. The van der Waals surface area contributed by atoms with Crippen LogP contribution in [-0.2, 0) is 9.84 Å². The highest BCUT2D eigenvalue weighted by Gasteiger charge is 2.29. The Bertz CT molecular complexity index is 620. The Balaban J connectivity index is 2.02. The van der Waals surface area contributed by atoms with Crippen molar-refractivity contribution in [2.24, 2.45) is 0 Å². The van der Waals surface area contributed by atoms with Crippen LogP contribution in [0.15, 0.2) is 16.6 Å². The van der Waals surface area contributed by atoms with Crippen LogP contribution < -0.4 is 10.6 Å². The molecule has 1 saturated heterocycles. The monoisotopic (exact) mass is 360 g/mol. The van der Waals surface area contributed by atoms with Gasteiger partial charge in [0.05, 0.1) is 11.5 Å². The van der Waals surface area contributed by atoms with E-state index in [-0.39, 0.29) is 23.6 Å². The third kappa shape index (κ3) is 3.73. The normalized spacial score (nSPS) is 20.6. The van der Waals surface area contributed by atoms with Crippen molar-refractivity contribution in [1.82, 2.24) is 5.32 Å². The molecule has 0 radical (unpaired) electrons. The molecule has 1 aromatic rings. The second kappa shape index (κ2) is 5.73. The van der Waals surface area contributed by atoms with E-state index in [0.717, 1.165) is 21.3 Å². The predicted molar refractivity (Wildman–Crippen MR) is 82.8 cm³/mol. The number of benzene rings is 1. The summed E-state index contributed by atoms with van der Waals surface area (Å²) in [6.45, 7) is 3.82. The Morgan fingerprint density at radius 3 is 2.40 bits per heavy atom. The highest BCUT2D eigenvalue weighted by molar-refractivity contribution is 9.10. The number of sulfone groups is 1. The van der Waals surface area contributed by atoms with Crippen LogP contribution in [0.3, 0.4) is 0 Å². The maximum Gasteiger partial charge on any atom is 0.319 e. The molecule has 7 heteroatoms. The fourth-order valence-electron chi connectivity index (χ4n) is 2.35. The van der Waals surface area contributed by atoms with Gasteiger partial charge >= 0.3 is 6.03 Å². The van der Waals surface area contributed by atoms with E-state index in [1.165, 1.54) is 0 Å². The summed E-state index contributed by atoms with van der Waals surface area (Å²) >= 11 is 3.40. The molecule has 20 heavy (non-hydrogen) atoms.